The molecule has 0 aliphatic heterocycles. The third-order valence-corrected chi connectivity index (χ3v) is 5.84. The zero-order valence-electron chi connectivity index (χ0n) is 7.52. The minimum absolute atomic E-state index is 0.342. The standard InChI is InChI=1S/C7H10O6S2/c8-14(9,10)6-4-1-2-5(3-4)7(6)15(11,12)13/h1-2,4-7H,3H2,(H,8,9,10)(H,11,12,13). The van der Waals surface area contributed by atoms with E-state index in [9.17, 15) is 16.8 Å². The summed E-state index contributed by atoms with van der Waals surface area (Å²) in [4.78, 5) is 0. The third kappa shape index (κ3) is 1.71. The molecule has 86 valence electrons. The molecule has 0 aromatic carbocycles. The summed E-state index contributed by atoms with van der Waals surface area (Å²) in [6.45, 7) is 0. The molecule has 0 amide bonds. The summed E-state index contributed by atoms with van der Waals surface area (Å²) in [5.41, 5.74) is 0. The molecule has 0 spiro atoms. The molecule has 2 rings (SSSR count). The van der Waals surface area contributed by atoms with Crippen LogP contribution in [0, 0.1) is 11.8 Å². The highest BCUT2D eigenvalue weighted by atomic mass is 32.2. The van der Waals surface area contributed by atoms with Crippen LogP contribution in [0.2, 0.25) is 0 Å². The van der Waals surface area contributed by atoms with Crippen LogP contribution in [0.25, 0.3) is 0 Å². The molecular weight excluding hydrogens is 244 g/mol. The van der Waals surface area contributed by atoms with Gasteiger partial charge in [0.25, 0.3) is 20.2 Å². The van der Waals surface area contributed by atoms with Gasteiger partial charge in [0.15, 0.2) is 0 Å². The fourth-order valence-electron chi connectivity index (χ4n) is 2.51. The molecule has 2 aliphatic carbocycles. The summed E-state index contributed by atoms with van der Waals surface area (Å²) in [6, 6.07) is 0. The quantitative estimate of drug-likeness (QED) is 0.517. The van der Waals surface area contributed by atoms with Gasteiger partial charge in [-0.1, -0.05) is 12.2 Å². The Morgan fingerprint density at radius 2 is 1.20 bits per heavy atom. The Morgan fingerprint density at radius 1 is 0.867 bits per heavy atom. The summed E-state index contributed by atoms with van der Waals surface area (Å²) in [5.74, 6) is -1.03. The lowest BCUT2D eigenvalue weighted by Crippen LogP contribution is -2.42. The van der Waals surface area contributed by atoms with Gasteiger partial charge in [-0.3, -0.25) is 9.11 Å². The van der Waals surface area contributed by atoms with E-state index >= 15 is 0 Å². The Morgan fingerprint density at radius 3 is 1.47 bits per heavy atom. The monoisotopic (exact) mass is 254 g/mol. The van der Waals surface area contributed by atoms with Crippen molar-refractivity contribution >= 4 is 20.2 Å². The van der Waals surface area contributed by atoms with Crippen LogP contribution < -0.4 is 0 Å². The van der Waals surface area contributed by atoms with Crippen LogP contribution in [0.5, 0.6) is 0 Å². The van der Waals surface area contributed by atoms with Crippen molar-refractivity contribution in [3.8, 4) is 0 Å². The largest absolute Gasteiger partial charge is 0.285 e. The predicted octanol–water partition coefficient (Wildman–Crippen LogP) is -0.295. The normalized spacial score (nSPS) is 39.9. The first-order valence-electron chi connectivity index (χ1n) is 4.32. The Balaban J connectivity index is 2.51. The zero-order chi connectivity index (χ0) is 11.4. The number of hydrogen-bond acceptors (Lipinski definition) is 4. The fourth-order valence-corrected chi connectivity index (χ4v) is 5.72. The molecule has 0 saturated heterocycles. The molecular formula is C7H10O6S2. The van der Waals surface area contributed by atoms with E-state index in [1.807, 2.05) is 0 Å². The first-order valence-corrected chi connectivity index (χ1v) is 7.33. The van der Waals surface area contributed by atoms with Crippen LogP contribution in [-0.4, -0.2) is 36.4 Å². The topological polar surface area (TPSA) is 109 Å². The number of allylic oxidation sites excluding steroid dienone is 2. The molecule has 4 unspecified atom stereocenters. The van der Waals surface area contributed by atoms with Gasteiger partial charge >= 0.3 is 0 Å². The highest BCUT2D eigenvalue weighted by molar-refractivity contribution is 7.90. The molecule has 15 heavy (non-hydrogen) atoms. The molecule has 0 radical (unpaired) electrons. The van der Waals surface area contributed by atoms with Crippen molar-refractivity contribution in [1.29, 1.82) is 0 Å². The number of hydrogen-bond donors (Lipinski definition) is 2. The van der Waals surface area contributed by atoms with E-state index in [-0.39, 0.29) is 0 Å². The zero-order valence-corrected chi connectivity index (χ0v) is 9.15. The maximum absolute atomic E-state index is 11.0. The van der Waals surface area contributed by atoms with Gasteiger partial charge in [-0.2, -0.15) is 16.8 Å². The van der Waals surface area contributed by atoms with Gasteiger partial charge in [-0.05, 0) is 18.3 Å². The Kier molecular flexibility index (Phi) is 2.24. The van der Waals surface area contributed by atoms with E-state index in [0.717, 1.165) is 0 Å². The molecule has 0 aromatic rings. The van der Waals surface area contributed by atoms with Gasteiger partial charge in [0.05, 0.1) is 0 Å². The molecule has 1 fully saturated rings. The summed E-state index contributed by atoms with van der Waals surface area (Å²) in [5, 5.41) is -2.86. The SMILES string of the molecule is O=S(=O)(O)C1C2C=CC(C2)C1S(=O)(=O)O. The molecule has 2 N–H and O–H groups in total. The lowest BCUT2D eigenvalue weighted by atomic mass is 10.1. The van der Waals surface area contributed by atoms with Crippen molar-refractivity contribution in [1.82, 2.24) is 0 Å². The Bertz CT molecular complexity index is 456. The maximum Gasteiger partial charge on any atom is 0.269 e. The first-order chi connectivity index (χ1) is 6.71. The lowest BCUT2D eigenvalue weighted by molar-refractivity contribution is 0.431. The van der Waals surface area contributed by atoms with Gasteiger partial charge < -0.3 is 0 Å². The number of rotatable bonds is 2. The average Bonchev–Trinajstić information content (AvgIpc) is 2.56. The molecule has 2 aliphatic rings. The van der Waals surface area contributed by atoms with Gasteiger partial charge in [-0.25, -0.2) is 0 Å². The molecule has 6 nitrogen and oxygen atoms in total. The molecule has 8 heteroatoms. The molecule has 1 saturated carbocycles. The van der Waals surface area contributed by atoms with Crippen molar-refractivity contribution in [3.05, 3.63) is 12.2 Å². The van der Waals surface area contributed by atoms with Crippen molar-refractivity contribution in [2.75, 3.05) is 0 Å². The minimum atomic E-state index is -4.46. The van der Waals surface area contributed by atoms with Crippen molar-refractivity contribution in [3.63, 3.8) is 0 Å². The van der Waals surface area contributed by atoms with Crippen LogP contribution >= 0.6 is 0 Å². The van der Waals surface area contributed by atoms with Gasteiger partial charge in [-0.15, -0.1) is 0 Å². The van der Waals surface area contributed by atoms with Gasteiger partial charge in [0, 0.05) is 0 Å². The highest BCUT2D eigenvalue weighted by Crippen LogP contribution is 2.45. The first kappa shape index (κ1) is 11.1. The van der Waals surface area contributed by atoms with E-state index in [1.165, 1.54) is 0 Å². The molecule has 4 atom stereocenters. The van der Waals surface area contributed by atoms with Gasteiger partial charge in [0.1, 0.15) is 10.5 Å². The van der Waals surface area contributed by atoms with E-state index in [1.54, 1.807) is 12.2 Å². The second kappa shape index (κ2) is 3.03. The second-order valence-corrected chi connectivity index (χ2v) is 7.06. The van der Waals surface area contributed by atoms with Crippen molar-refractivity contribution in [2.45, 2.75) is 16.9 Å². The van der Waals surface area contributed by atoms with Crippen molar-refractivity contribution < 1.29 is 25.9 Å². The lowest BCUT2D eigenvalue weighted by Gasteiger charge is -2.22. The minimum Gasteiger partial charge on any atom is -0.285 e. The van der Waals surface area contributed by atoms with E-state index in [4.69, 9.17) is 9.11 Å². The van der Waals surface area contributed by atoms with Crippen LogP contribution in [-0.2, 0) is 20.2 Å². The average molecular weight is 254 g/mol. The highest BCUT2D eigenvalue weighted by Gasteiger charge is 2.56. The predicted molar refractivity (Wildman–Crippen MR) is 51.4 cm³/mol. The summed E-state index contributed by atoms with van der Waals surface area (Å²) < 4.78 is 62.0. The van der Waals surface area contributed by atoms with E-state index < -0.39 is 42.6 Å². The maximum atomic E-state index is 11.0. The molecule has 0 aromatic heterocycles. The smallest absolute Gasteiger partial charge is 0.269 e. The fraction of sp³-hybridized carbons (Fsp3) is 0.714. The Labute approximate surface area is 87.5 Å². The Hall–Kier alpha value is -0.440. The van der Waals surface area contributed by atoms with Crippen LogP contribution in [0.1, 0.15) is 6.42 Å². The van der Waals surface area contributed by atoms with Crippen LogP contribution in [0.3, 0.4) is 0 Å². The summed E-state index contributed by atoms with van der Waals surface area (Å²) in [6.07, 6.45) is 3.49. The van der Waals surface area contributed by atoms with Crippen LogP contribution in [0.15, 0.2) is 12.2 Å². The van der Waals surface area contributed by atoms with Crippen molar-refractivity contribution in [2.24, 2.45) is 11.8 Å². The van der Waals surface area contributed by atoms with Gasteiger partial charge in [0.2, 0.25) is 0 Å². The molecule has 0 heterocycles. The third-order valence-electron chi connectivity index (χ3n) is 3.01. The second-order valence-electron chi connectivity index (χ2n) is 3.91. The summed E-state index contributed by atoms with van der Waals surface area (Å²) in [7, 11) is -8.91. The van der Waals surface area contributed by atoms with E-state index in [2.05, 4.69) is 0 Å². The van der Waals surface area contributed by atoms with Crippen LogP contribution in [0.4, 0.5) is 0 Å². The molecule has 2 bridgehead atoms. The summed E-state index contributed by atoms with van der Waals surface area (Å²) >= 11 is 0. The number of fused-ring (bicyclic) bond motifs is 2. The van der Waals surface area contributed by atoms with E-state index in [0.29, 0.717) is 6.42 Å².